The molecule has 8 heteroatoms. The number of allylic oxidation sites excluding steroid dienone is 2. The Bertz CT molecular complexity index is 1120. The SMILES string of the molecule is COc1ccc(OC)c(C2C3=C(CCCC3=O)Nc3nc(SCCC(C)C)[nH]c(=O)c32)c1. The van der Waals surface area contributed by atoms with Crippen LogP contribution in [0.25, 0.3) is 0 Å². The van der Waals surface area contributed by atoms with E-state index in [1.54, 1.807) is 38.1 Å². The Morgan fingerprint density at radius 2 is 2.00 bits per heavy atom. The summed E-state index contributed by atoms with van der Waals surface area (Å²) in [6.07, 6.45) is 3.02. The number of anilines is 1. The van der Waals surface area contributed by atoms with Crippen LogP contribution in [0.15, 0.2) is 39.4 Å². The number of H-pyrrole nitrogens is 1. The van der Waals surface area contributed by atoms with Gasteiger partial charge in [-0.2, -0.15) is 0 Å². The predicted molar refractivity (Wildman–Crippen MR) is 126 cm³/mol. The molecule has 1 aromatic heterocycles. The third kappa shape index (κ3) is 4.28. The summed E-state index contributed by atoms with van der Waals surface area (Å²) in [5, 5.41) is 3.91. The first-order chi connectivity index (χ1) is 15.4. The molecule has 0 saturated carbocycles. The van der Waals surface area contributed by atoms with E-state index in [0.717, 1.165) is 36.3 Å². The van der Waals surface area contributed by atoms with Crippen molar-refractivity contribution in [3.05, 3.63) is 50.9 Å². The van der Waals surface area contributed by atoms with Gasteiger partial charge in [0.25, 0.3) is 5.56 Å². The van der Waals surface area contributed by atoms with Crippen LogP contribution in [0.1, 0.15) is 56.6 Å². The van der Waals surface area contributed by atoms with E-state index >= 15 is 0 Å². The number of aromatic nitrogens is 2. The summed E-state index contributed by atoms with van der Waals surface area (Å²) in [5.41, 5.74) is 2.40. The zero-order chi connectivity index (χ0) is 22.8. The molecule has 7 nitrogen and oxygen atoms in total. The molecular formula is C24H29N3O4S. The smallest absolute Gasteiger partial charge is 0.257 e. The minimum atomic E-state index is -0.565. The van der Waals surface area contributed by atoms with Crippen LogP contribution in [0, 0.1) is 5.92 Å². The van der Waals surface area contributed by atoms with Gasteiger partial charge in [-0.15, -0.1) is 0 Å². The molecule has 32 heavy (non-hydrogen) atoms. The van der Waals surface area contributed by atoms with Crippen LogP contribution in [0.5, 0.6) is 11.5 Å². The number of ether oxygens (including phenoxy) is 2. The van der Waals surface area contributed by atoms with Crippen molar-refractivity contribution in [3.8, 4) is 11.5 Å². The predicted octanol–water partition coefficient (Wildman–Crippen LogP) is 4.49. The van der Waals surface area contributed by atoms with Crippen molar-refractivity contribution in [2.24, 2.45) is 5.92 Å². The van der Waals surface area contributed by atoms with Gasteiger partial charge in [0.15, 0.2) is 10.9 Å². The molecule has 170 valence electrons. The molecule has 0 bridgehead atoms. The van der Waals surface area contributed by atoms with Crippen LogP contribution in [0.2, 0.25) is 0 Å². The number of carbonyl (C=O) groups is 1. The van der Waals surface area contributed by atoms with E-state index in [4.69, 9.17) is 14.5 Å². The number of hydrogen-bond acceptors (Lipinski definition) is 7. The molecule has 2 heterocycles. The number of methoxy groups -OCH3 is 2. The molecule has 0 spiro atoms. The molecular weight excluding hydrogens is 426 g/mol. The van der Waals surface area contributed by atoms with Gasteiger partial charge in [0.1, 0.15) is 17.3 Å². The normalized spacial score (nSPS) is 17.7. The number of nitrogens with one attached hydrogen (secondary N) is 2. The van der Waals surface area contributed by atoms with Gasteiger partial charge < -0.3 is 19.8 Å². The second-order valence-electron chi connectivity index (χ2n) is 8.50. The number of thioether (sulfide) groups is 1. The summed E-state index contributed by atoms with van der Waals surface area (Å²) in [5.74, 6) is 2.69. The van der Waals surface area contributed by atoms with Crippen LogP contribution in [-0.4, -0.2) is 35.7 Å². The Labute approximate surface area is 192 Å². The van der Waals surface area contributed by atoms with Gasteiger partial charge in [0.05, 0.1) is 25.7 Å². The maximum atomic E-state index is 13.3. The molecule has 1 aliphatic heterocycles. The number of ketones is 1. The highest BCUT2D eigenvalue weighted by Crippen LogP contribution is 2.46. The zero-order valence-corrected chi connectivity index (χ0v) is 19.7. The molecule has 1 unspecified atom stereocenters. The van der Waals surface area contributed by atoms with Crippen molar-refractivity contribution in [2.75, 3.05) is 25.3 Å². The lowest BCUT2D eigenvalue weighted by Crippen LogP contribution is -2.33. The number of hydrogen-bond donors (Lipinski definition) is 2. The fraction of sp³-hybridized carbons (Fsp3) is 0.458. The van der Waals surface area contributed by atoms with E-state index in [9.17, 15) is 9.59 Å². The van der Waals surface area contributed by atoms with Crippen LogP contribution in [0.3, 0.4) is 0 Å². The Balaban J connectivity index is 1.87. The van der Waals surface area contributed by atoms with E-state index in [2.05, 4.69) is 24.1 Å². The van der Waals surface area contributed by atoms with Gasteiger partial charge >= 0.3 is 0 Å². The standard InChI is InChI=1S/C24H29N3O4S/c1-13(2)10-11-32-24-26-22-21(23(29)27-24)19(20-16(25-22)6-5-7-17(20)28)15-12-14(30-3)8-9-18(15)31-4/h8-9,12-13,19H,5-7,10-11H2,1-4H3,(H2,25,26,27,29). The van der Waals surface area contributed by atoms with E-state index in [0.29, 0.717) is 45.9 Å². The van der Waals surface area contributed by atoms with Crippen molar-refractivity contribution < 1.29 is 14.3 Å². The van der Waals surface area contributed by atoms with Gasteiger partial charge in [-0.1, -0.05) is 25.6 Å². The molecule has 2 aromatic rings. The summed E-state index contributed by atoms with van der Waals surface area (Å²) in [6.45, 7) is 4.34. The number of rotatable bonds is 7. The molecule has 0 amide bonds. The summed E-state index contributed by atoms with van der Waals surface area (Å²) in [4.78, 5) is 34.1. The van der Waals surface area contributed by atoms with Gasteiger partial charge in [0.2, 0.25) is 0 Å². The average Bonchev–Trinajstić information content (AvgIpc) is 2.77. The van der Waals surface area contributed by atoms with Crippen molar-refractivity contribution in [2.45, 2.75) is 50.6 Å². The molecule has 0 fully saturated rings. The highest BCUT2D eigenvalue weighted by molar-refractivity contribution is 7.99. The molecule has 2 N–H and O–H groups in total. The number of nitrogens with zero attached hydrogens (tertiary/aromatic N) is 1. The van der Waals surface area contributed by atoms with Gasteiger partial charge in [0, 0.05) is 29.0 Å². The summed E-state index contributed by atoms with van der Waals surface area (Å²) >= 11 is 1.54. The minimum Gasteiger partial charge on any atom is -0.497 e. The van der Waals surface area contributed by atoms with Gasteiger partial charge in [-0.3, -0.25) is 9.59 Å². The van der Waals surface area contributed by atoms with Crippen molar-refractivity contribution in [1.29, 1.82) is 0 Å². The number of Topliss-reactive ketones (excluding diaryl/α,β-unsaturated/α-hetero) is 1. The molecule has 1 aromatic carbocycles. The Hall–Kier alpha value is -2.74. The molecule has 2 aliphatic rings. The molecule has 1 aliphatic carbocycles. The highest BCUT2D eigenvalue weighted by Gasteiger charge is 2.39. The average molecular weight is 456 g/mol. The van der Waals surface area contributed by atoms with Crippen molar-refractivity contribution in [1.82, 2.24) is 9.97 Å². The highest BCUT2D eigenvalue weighted by atomic mass is 32.2. The minimum absolute atomic E-state index is 0.0501. The Morgan fingerprint density at radius 3 is 2.72 bits per heavy atom. The second kappa shape index (κ2) is 9.40. The molecule has 0 saturated heterocycles. The van der Waals surface area contributed by atoms with Crippen LogP contribution >= 0.6 is 11.8 Å². The first kappa shape index (κ1) is 22.5. The third-order valence-corrected chi connectivity index (χ3v) is 6.82. The maximum absolute atomic E-state index is 13.3. The second-order valence-corrected chi connectivity index (χ2v) is 9.58. The first-order valence-corrected chi connectivity index (χ1v) is 11.9. The van der Waals surface area contributed by atoms with E-state index < -0.39 is 5.92 Å². The maximum Gasteiger partial charge on any atom is 0.257 e. The fourth-order valence-electron chi connectivity index (χ4n) is 4.28. The van der Waals surface area contributed by atoms with E-state index in [1.165, 1.54) is 0 Å². The molecule has 0 radical (unpaired) electrons. The fourth-order valence-corrected chi connectivity index (χ4v) is 5.38. The quantitative estimate of drug-likeness (QED) is 0.469. The monoisotopic (exact) mass is 455 g/mol. The number of fused-ring (bicyclic) bond motifs is 1. The topological polar surface area (TPSA) is 93.3 Å². The number of benzene rings is 1. The van der Waals surface area contributed by atoms with Crippen LogP contribution in [-0.2, 0) is 4.79 Å². The van der Waals surface area contributed by atoms with Crippen LogP contribution < -0.4 is 20.3 Å². The number of carbonyl (C=O) groups excluding carboxylic acids is 1. The van der Waals surface area contributed by atoms with Gasteiger partial charge in [-0.25, -0.2) is 4.98 Å². The lowest BCUT2D eigenvalue weighted by Gasteiger charge is -2.33. The lowest BCUT2D eigenvalue weighted by atomic mass is 9.76. The summed E-state index contributed by atoms with van der Waals surface area (Å²) in [6, 6.07) is 5.45. The zero-order valence-electron chi connectivity index (χ0n) is 18.9. The third-order valence-electron chi connectivity index (χ3n) is 5.92. The van der Waals surface area contributed by atoms with Crippen LogP contribution in [0.4, 0.5) is 5.82 Å². The van der Waals surface area contributed by atoms with Crippen molar-refractivity contribution in [3.63, 3.8) is 0 Å². The van der Waals surface area contributed by atoms with Crippen molar-refractivity contribution >= 4 is 23.4 Å². The summed E-state index contributed by atoms with van der Waals surface area (Å²) in [7, 11) is 3.18. The molecule has 4 rings (SSSR count). The van der Waals surface area contributed by atoms with E-state index in [-0.39, 0.29) is 11.3 Å². The Morgan fingerprint density at radius 1 is 1.19 bits per heavy atom. The Kier molecular flexibility index (Phi) is 6.60. The largest absolute Gasteiger partial charge is 0.497 e. The lowest BCUT2D eigenvalue weighted by molar-refractivity contribution is -0.116. The molecule has 1 atom stereocenters. The van der Waals surface area contributed by atoms with E-state index in [1.807, 2.05) is 6.07 Å². The summed E-state index contributed by atoms with van der Waals surface area (Å²) < 4.78 is 11.1. The van der Waals surface area contributed by atoms with Gasteiger partial charge in [-0.05, 0) is 43.4 Å². The number of aromatic amines is 1. The first-order valence-electron chi connectivity index (χ1n) is 10.9.